The van der Waals surface area contributed by atoms with Gasteiger partial charge in [0.25, 0.3) is 0 Å². The van der Waals surface area contributed by atoms with Crippen LogP contribution in [0.5, 0.6) is 0 Å². The van der Waals surface area contributed by atoms with E-state index in [1.54, 1.807) is 12.1 Å². The van der Waals surface area contributed by atoms with Crippen LogP contribution in [0.1, 0.15) is 19.8 Å². The van der Waals surface area contributed by atoms with Crippen LogP contribution in [-0.4, -0.2) is 20.4 Å². The second-order valence-corrected chi connectivity index (χ2v) is 7.43. The van der Waals surface area contributed by atoms with Gasteiger partial charge in [-0.3, -0.25) is 4.79 Å². The number of fused-ring (bicyclic) bond motifs is 2. The van der Waals surface area contributed by atoms with E-state index in [9.17, 15) is 13.2 Å². The highest BCUT2D eigenvalue weighted by Crippen LogP contribution is 2.39. The second-order valence-electron chi connectivity index (χ2n) is 5.71. The largest absolute Gasteiger partial charge is 0.326 e. The molecule has 3 unspecified atom stereocenters. The van der Waals surface area contributed by atoms with Gasteiger partial charge in [0.1, 0.15) is 0 Å². The number of allylic oxidation sites excluding steroid dienone is 1. The van der Waals surface area contributed by atoms with Crippen LogP contribution in [-0.2, 0) is 14.8 Å². The smallest absolute Gasteiger partial charge is 0.240 e. The molecule has 112 valence electrons. The average Bonchev–Trinajstić information content (AvgIpc) is 3.00. The fourth-order valence-corrected chi connectivity index (χ4v) is 4.40. The maximum atomic E-state index is 12.4. The Kier molecular flexibility index (Phi) is 3.59. The van der Waals surface area contributed by atoms with Gasteiger partial charge < -0.3 is 5.32 Å². The van der Waals surface area contributed by atoms with E-state index in [1.165, 1.54) is 19.1 Å². The molecule has 2 aliphatic rings. The SMILES string of the molecule is CC(=O)Nc1ccc(S(=O)(=O)NC2CC3C=CC2C3)cc1. The van der Waals surface area contributed by atoms with Crippen molar-refractivity contribution in [1.82, 2.24) is 4.72 Å². The Morgan fingerprint density at radius 1 is 1.14 bits per heavy atom. The molecule has 6 heteroatoms. The van der Waals surface area contributed by atoms with E-state index in [-0.39, 0.29) is 16.8 Å². The lowest BCUT2D eigenvalue weighted by atomic mass is 10.0. The first-order valence-corrected chi connectivity index (χ1v) is 8.51. The fourth-order valence-electron chi connectivity index (χ4n) is 3.10. The quantitative estimate of drug-likeness (QED) is 0.834. The van der Waals surface area contributed by atoms with E-state index in [0.717, 1.165) is 12.8 Å². The van der Waals surface area contributed by atoms with Gasteiger partial charge in [-0.2, -0.15) is 0 Å². The Morgan fingerprint density at radius 2 is 1.86 bits per heavy atom. The Bertz CT molecular complexity index is 679. The van der Waals surface area contributed by atoms with Gasteiger partial charge in [-0.05, 0) is 48.9 Å². The molecule has 1 fully saturated rings. The molecule has 0 saturated heterocycles. The predicted octanol–water partition coefficient (Wildman–Crippen LogP) is 1.89. The van der Waals surface area contributed by atoms with Crippen molar-refractivity contribution in [2.45, 2.75) is 30.7 Å². The van der Waals surface area contributed by atoms with Crippen molar-refractivity contribution in [3.63, 3.8) is 0 Å². The lowest BCUT2D eigenvalue weighted by Crippen LogP contribution is -2.37. The number of rotatable bonds is 4. The van der Waals surface area contributed by atoms with Gasteiger partial charge in [0, 0.05) is 18.7 Å². The van der Waals surface area contributed by atoms with Crippen molar-refractivity contribution < 1.29 is 13.2 Å². The number of hydrogen-bond donors (Lipinski definition) is 2. The van der Waals surface area contributed by atoms with E-state index >= 15 is 0 Å². The van der Waals surface area contributed by atoms with Crippen LogP contribution in [0.25, 0.3) is 0 Å². The van der Waals surface area contributed by atoms with E-state index in [0.29, 0.717) is 17.5 Å². The molecule has 0 aliphatic heterocycles. The van der Waals surface area contributed by atoms with Crippen LogP contribution in [0.3, 0.4) is 0 Å². The Morgan fingerprint density at radius 3 is 2.38 bits per heavy atom. The molecule has 1 amide bonds. The van der Waals surface area contributed by atoms with Crippen molar-refractivity contribution in [3.05, 3.63) is 36.4 Å². The summed E-state index contributed by atoms with van der Waals surface area (Å²) >= 11 is 0. The first kappa shape index (κ1) is 14.3. The van der Waals surface area contributed by atoms with Crippen LogP contribution in [0.4, 0.5) is 5.69 Å². The zero-order valence-corrected chi connectivity index (χ0v) is 12.6. The summed E-state index contributed by atoms with van der Waals surface area (Å²) in [5.74, 6) is 0.658. The van der Waals surface area contributed by atoms with Crippen molar-refractivity contribution in [2.24, 2.45) is 11.8 Å². The minimum atomic E-state index is -3.51. The van der Waals surface area contributed by atoms with Crippen molar-refractivity contribution in [1.29, 1.82) is 0 Å². The molecule has 5 nitrogen and oxygen atoms in total. The monoisotopic (exact) mass is 306 g/mol. The molecule has 0 aromatic heterocycles. The number of benzene rings is 1. The van der Waals surface area contributed by atoms with Crippen molar-refractivity contribution in [3.8, 4) is 0 Å². The number of hydrogen-bond acceptors (Lipinski definition) is 3. The molecule has 0 radical (unpaired) electrons. The van der Waals surface area contributed by atoms with Gasteiger partial charge >= 0.3 is 0 Å². The highest BCUT2D eigenvalue weighted by Gasteiger charge is 2.37. The summed E-state index contributed by atoms with van der Waals surface area (Å²) in [4.78, 5) is 11.2. The summed E-state index contributed by atoms with van der Waals surface area (Å²) in [6.07, 6.45) is 6.22. The molecule has 2 N–H and O–H groups in total. The summed E-state index contributed by atoms with van der Waals surface area (Å²) in [5.41, 5.74) is 0.587. The molecule has 21 heavy (non-hydrogen) atoms. The first-order chi connectivity index (χ1) is 9.94. The van der Waals surface area contributed by atoms with Gasteiger partial charge in [-0.1, -0.05) is 12.2 Å². The molecule has 0 spiro atoms. The van der Waals surface area contributed by atoms with Gasteiger partial charge in [0.05, 0.1) is 4.90 Å². The summed E-state index contributed by atoms with van der Waals surface area (Å²) in [6, 6.07) is 6.21. The summed E-state index contributed by atoms with van der Waals surface area (Å²) in [6.45, 7) is 1.41. The lowest BCUT2D eigenvalue weighted by Gasteiger charge is -2.19. The minimum Gasteiger partial charge on any atom is -0.326 e. The summed E-state index contributed by atoms with van der Waals surface area (Å²) in [7, 11) is -3.51. The number of carbonyl (C=O) groups is 1. The number of amides is 1. The zero-order chi connectivity index (χ0) is 15.0. The third-order valence-corrected chi connectivity index (χ3v) is 5.58. The number of anilines is 1. The van der Waals surface area contributed by atoms with Gasteiger partial charge in [-0.25, -0.2) is 13.1 Å². The predicted molar refractivity (Wildman–Crippen MR) is 80.2 cm³/mol. The average molecular weight is 306 g/mol. The molecule has 2 bridgehead atoms. The fraction of sp³-hybridized carbons (Fsp3) is 0.400. The third kappa shape index (κ3) is 3.01. The van der Waals surface area contributed by atoms with Crippen LogP contribution >= 0.6 is 0 Å². The van der Waals surface area contributed by atoms with Crippen LogP contribution in [0.15, 0.2) is 41.3 Å². The zero-order valence-electron chi connectivity index (χ0n) is 11.7. The number of carbonyl (C=O) groups excluding carboxylic acids is 1. The minimum absolute atomic E-state index is 0.0000196. The molecule has 0 heterocycles. The Hall–Kier alpha value is -1.66. The standard InChI is InChI=1S/C15H18N2O3S/c1-10(18)16-13-4-6-14(7-5-13)21(19,20)17-15-9-11-2-3-12(15)8-11/h2-7,11-12,15,17H,8-9H2,1H3,(H,16,18). The van der Waals surface area contributed by atoms with Crippen molar-refractivity contribution >= 4 is 21.6 Å². The summed E-state index contributed by atoms with van der Waals surface area (Å²) in [5, 5.41) is 2.62. The van der Waals surface area contributed by atoms with Crippen LogP contribution < -0.4 is 10.0 Å². The normalized spacial score (nSPS) is 27.0. The first-order valence-electron chi connectivity index (χ1n) is 7.02. The molecular weight excluding hydrogens is 288 g/mol. The highest BCUT2D eigenvalue weighted by molar-refractivity contribution is 7.89. The maximum absolute atomic E-state index is 12.4. The van der Waals surface area contributed by atoms with E-state index < -0.39 is 10.0 Å². The molecule has 1 saturated carbocycles. The molecule has 3 atom stereocenters. The topological polar surface area (TPSA) is 75.3 Å². The van der Waals surface area contributed by atoms with E-state index in [1.807, 2.05) is 0 Å². The van der Waals surface area contributed by atoms with Crippen molar-refractivity contribution in [2.75, 3.05) is 5.32 Å². The van der Waals surface area contributed by atoms with E-state index in [4.69, 9.17) is 0 Å². The number of sulfonamides is 1. The Labute approximate surface area is 124 Å². The number of nitrogens with one attached hydrogen (secondary N) is 2. The van der Waals surface area contributed by atoms with Gasteiger partial charge in [0.15, 0.2) is 0 Å². The van der Waals surface area contributed by atoms with Crippen LogP contribution in [0.2, 0.25) is 0 Å². The molecular formula is C15H18N2O3S. The Balaban J connectivity index is 1.72. The van der Waals surface area contributed by atoms with Gasteiger partial charge in [0.2, 0.25) is 15.9 Å². The van der Waals surface area contributed by atoms with Gasteiger partial charge in [-0.15, -0.1) is 0 Å². The third-order valence-electron chi connectivity index (χ3n) is 4.07. The molecule has 1 aromatic carbocycles. The molecule has 1 aromatic rings. The molecule has 2 aliphatic carbocycles. The highest BCUT2D eigenvalue weighted by atomic mass is 32.2. The maximum Gasteiger partial charge on any atom is 0.240 e. The summed E-state index contributed by atoms with van der Waals surface area (Å²) < 4.78 is 27.5. The second kappa shape index (κ2) is 5.27. The lowest BCUT2D eigenvalue weighted by molar-refractivity contribution is -0.114. The van der Waals surface area contributed by atoms with Crippen LogP contribution in [0, 0.1) is 11.8 Å². The van der Waals surface area contributed by atoms with E-state index in [2.05, 4.69) is 22.2 Å². The molecule has 3 rings (SSSR count).